The molecular formula is C26H24N4O2S2. The van der Waals surface area contributed by atoms with Crippen LogP contribution < -0.4 is 10.2 Å². The number of benzene rings is 2. The van der Waals surface area contributed by atoms with Gasteiger partial charge in [0.1, 0.15) is 0 Å². The van der Waals surface area contributed by atoms with Gasteiger partial charge in [-0.1, -0.05) is 42.4 Å². The van der Waals surface area contributed by atoms with Gasteiger partial charge in [0.25, 0.3) is 5.89 Å². The zero-order chi connectivity index (χ0) is 23.7. The zero-order valence-corrected chi connectivity index (χ0v) is 20.7. The van der Waals surface area contributed by atoms with E-state index in [1.54, 1.807) is 28.0 Å². The minimum absolute atomic E-state index is 0.192. The van der Waals surface area contributed by atoms with Gasteiger partial charge in [-0.3, -0.25) is 4.90 Å². The van der Waals surface area contributed by atoms with E-state index in [2.05, 4.69) is 29.5 Å². The van der Waals surface area contributed by atoms with Crippen molar-refractivity contribution in [2.24, 2.45) is 0 Å². The molecule has 1 aliphatic rings. The predicted molar refractivity (Wildman–Crippen MR) is 138 cm³/mol. The maximum atomic E-state index is 13.3. The molecule has 172 valence electrons. The van der Waals surface area contributed by atoms with E-state index in [1.807, 2.05) is 67.1 Å². The molecule has 34 heavy (non-hydrogen) atoms. The first-order chi connectivity index (χ1) is 16.6. The largest absolute Gasteiger partial charge is 0.334 e. The van der Waals surface area contributed by atoms with Crippen LogP contribution in [-0.2, 0) is 6.42 Å². The van der Waals surface area contributed by atoms with Crippen LogP contribution in [0.5, 0.6) is 0 Å². The van der Waals surface area contributed by atoms with Crippen molar-refractivity contribution in [3.63, 3.8) is 0 Å². The van der Waals surface area contributed by atoms with Gasteiger partial charge in [0.2, 0.25) is 5.82 Å². The molecule has 0 radical (unpaired) electrons. The van der Waals surface area contributed by atoms with E-state index < -0.39 is 6.04 Å². The van der Waals surface area contributed by atoms with Crippen LogP contribution in [0.15, 0.2) is 81.2 Å². The number of carbonyl (C=O) groups is 1. The molecule has 1 N–H and O–H groups in total. The quantitative estimate of drug-likeness (QED) is 0.303. The molecule has 2 amide bonds. The number of hydrogen-bond acceptors (Lipinski definition) is 6. The number of aromatic nitrogens is 2. The molecule has 0 aliphatic carbocycles. The van der Waals surface area contributed by atoms with Gasteiger partial charge >= 0.3 is 6.03 Å². The highest BCUT2D eigenvalue weighted by atomic mass is 32.2. The molecule has 6 nitrogen and oxygen atoms in total. The SMILES string of the molecule is CCc1ccc(N2C(=O)NC(c3ccc(SC)cc3)C(c3nc(-c4cccs4)no3)=C2C)cc1. The van der Waals surface area contributed by atoms with Crippen molar-refractivity contribution in [2.45, 2.75) is 31.2 Å². The van der Waals surface area contributed by atoms with Crippen LogP contribution in [0.25, 0.3) is 16.3 Å². The second-order valence-corrected chi connectivity index (χ2v) is 9.74. The molecule has 0 spiro atoms. The zero-order valence-electron chi connectivity index (χ0n) is 19.1. The van der Waals surface area contributed by atoms with Crippen molar-refractivity contribution in [3.05, 3.63) is 88.8 Å². The molecule has 3 heterocycles. The maximum absolute atomic E-state index is 13.3. The van der Waals surface area contributed by atoms with E-state index in [4.69, 9.17) is 9.51 Å². The van der Waals surface area contributed by atoms with Crippen molar-refractivity contribution in [2.75, 3.05) is 11.2 Å². The summed E-state index contributed by atoms with van der Waals surface area (Å²) in [6.45, 7) is 4.04. The maximum Gasteiger partial charge on any atom is 0.326 e. The monoisotopic (exact) mass is 488 g/mol. The number of allylic oxidation sites excluding steroid dienone is 1. The van der Waals surface area contributed by atoms with Gasteiger partial charge in [-0.25, -0.2) is 4.79 Å². The molecule has 0 saturated heterocycles. The van der Waals surface area contributed by atoms with Crippen LogP contribution in [0.4, 0.5) is 10.5 Å². The van der Waals surface area contributed by atoms with Gasteiger partial charge in [0, 0.05) is 10.6 Å². The van der Waals surface area contributed by atoms with Crippen LogP contribution in [0.1, 0.15) is 36.9 Å². The second-order valence-electron chi connectivity index (χ2n) is 7.91. The smallest absolute Gasteiger partial charge is 0.326 e. The molecule has 0 saturated carbocycles. The number of aryl methyl sites for hydroxylation is 1. The number of anilines is 1. The topological polar surface area (TPSA) is 71.3 Å². The van der Waals surface area contributed by atoms with E-state index in [0.29, 0.717) is 11.7 Å². The average Bonchev–Trinajstić information content (AvgIpc) is 3.57. The van der Waals surface area contributed by atoms with E-state index in [1.165, 1.54) is 5.56 Å². The molecule has 1 atom stereocenters. The van der Waals surface area contributed by atoms with Gasteiger partial charge in [-0.15, -0.1) is 23.1 Å². The lowest BCUT2D eigenvalue weighted by molar-refractivity contribution is 0.244. The highest BCUT2D eigenvalue weighted by Crippen LogP contribution is 2.39. The third-order valence-electron chi connectivity index (χ3n) is 5.93. The van der Waals surface area contributed by atoms with Crippen LogP contribution in [0.2, 0.25) is 0 Å². The van der Waals surface area contributed by atoms with Gasteiger partial charge in [0.15, 0.2) is 0 Å². The van der Waals surface area contributed by atoms with Gasteiger partial charge < -0.3 is 9.84 Å². The highest BCUT2D eigenvalue weighted by molar-refractivity contribution is 7.98. The lowest BCUT2D eigenvalue weighted by Gasteiger charge is -2.35. The molecule has 0 bridgehead atoms. The molecule has 4 aromatic rings. The Balaban J connectivity index is 1.63. The Hall–Kier alpha value is -3.36. The van der Waals surface area contributed by atoms with E-state index in [-0.39, 0.29) is 6.03 Å². The van der Waals surface area contributed by atoms with E-state index in [9.17, 15) is 4.79 Å². The number of nitrogens with one attached hydrogen (secondary N) is 1. The summed E-state index contributed by atoms with van der Waals surface area (Å²) in [6, 6.07) is 19.5. The Morgan fingerprint density at radius 3 is 2.53 bits per heavy atom. The molecular weight excluding hydrogens is 464 g/mol. The highest BCUT2D eigenvalue weighted by Gasteiger charge is 2.36. The van der Waals surface area contributed by atoms with E-state index in [0.717, 1.165) is 38.7 Å². The fraction of sp³-hybridized carbons (Fsp3) is 0.192. The average molecular weight is 489 g/mol. The lowest BCUT2D eigenvalue weighted by Crippen LogP contribution is -2.46. The summed E-state index contributed by atoms with van der Waals surface area (Å²) < 4.78 is 5.76. The summed E-state index contributed by atoms with van der Waals surface area (Å²) >= 11 is 3.23. The number of nitrogens with zero attached hydrogens (tertiary/aromatic N) is 3. The van der Waals surface area contributed by atoms with Crippen LogP contribution in [0, 0.1) is 0 Å². The van der Waals surface area contributed by atoms with Crippen molar-refractivity contribution < 1.29 is 9.32 Å². The van der Waals surface area contributed by atoms with Crippen LogP contribution in [-0.4, -0.2) is 22.4 Å². The first-order valence-corrected chi connectivity index (χ1v) is 13.1. The predicted octanol–water partition coefficient (Wildman–Crippen LogP) is 6.78. The number of thiophene rings is 1. The third kappa shape index (κ3) is 4.15. The summed E-state index contributed by atoms with van der Waals surface area (Å²) in [7, 11) is 0. The summed E-state index contributed by atoms with van der Waals surface area (Å²) in [4.78, 5) is 21.8. The molecule has 5 rings (SSSR count). The number of rotatable bonds is 6. The minimum Gasteiger partial charge on any atom is -0.334 e. The van der Waals surface area contributed by atoms with Gasteiger partial charge in [-0.2, -0.15) is 4.98 Å². The Kier molecular flexibility index (Phi) is 6.26. The van der Waals surface area contributed by atoms with Crippen molar-refractivity contribution >= 4 is 40.4 Å². The molecule has 2 aromatic heterocycles. The standard InChI is InChI=1S/C26H24N4O2S2/c1-4-17-7-11-19(12-8-17)30-16(2)22(25-28-24(29-32-25)21-6-5-15-34-21)23(27-26(30)31)18-9-13-20(33-3)14-10-18/h5-15,23H,4H2,1-3H3,(H,27,31). The summed E-state index contributed by atoms with van der Waals surface area (Å²) in [5.74, 6) is 0.938. The number of thioether (sulfide) groups is 1. The third-order valence-corrected chi connectivity index (χ3v) is 7.54. The van der Waals surface area contributed by atoms with Crippen molar-refractivity contribution in [3.8, 4) is 10.7 Å². The van der Waals surface area contributed by atoms with Crippen molar-refractivity contribution in [1.29, 1.82) is 0 Å². The first kappa shape index (κ1) is 22.4. The van der Waals surface area contributed by atoms with Crippen LogP contribution in [0.3, 0.4) is 0 Å². The lowest BCUT2D eigenvalue weighted by atomic mass is 9.94. The van der Waals surface area contributed by atoms with E-state index >= 15 is 0 Å². The summed E-state index contributed by atoms with van der Waals surface area (Å²) in [5.41, 5.74) is 4.50. The number of hydrogen-bond donors (Lipinski definition) is 1. The normalized spacial score (nSPS) is 16.1. The van der Waals surface area contributed by atoms with Crippen molar-refractivity contribution in [1.82, 2.24) is 15.5 Å². The molecule has 1 unspecified atom stereocenters. The Morgan fingerprint density at radius 2 is 1.88 bits per heavy atom. The number of carbonyl (C=O) groups excluding carboxylic acids is 1. The van der Waals surface area contributed by atoms with Crippen LogP contribution >= 0.6 is 23.1 Å². The van der Waals surface area contributed by atoms with Gasteiger partial charge in [-0.05, 0) is 66.4 Å². The molecule has 0 fully saturated rings. The Labute approximate surface area is 206 Å². The van der Waals surface area contributed by atoms with Gasteiger partial charge in [0.05, 0.1) is 22.2 Å². The fourth-order valence-corrected chi connectivity index (χ4v) is 5.15. The number of amides is 2. The Morgan fingerprint density at radius 1 is 1.12 bits per heavy atom. The molecule has 2 aromatic carbocycles. The molecule has 8 heteroatoms. The molecule has 1 aliphatic heterocycles. The minimum atomic E-state index is -0.411. The Bertz CT molecular complexity index is 1330. The summed E-state index contributed by atoms with van der Waals surface area (Å²) in [5, 5.41) is 9.37. The fourth-order valence-electron chi connectivity index (χ4n) is 4.10. The second kappa shape index (κ2) is 9.48. The summed E-state index contributed by atoms with van der Waals surface area (Å²) in [6.07, 6.45) is 2.98. The number of urea groups is 1. The first-order valence-electron chi connectivity index (χ1n) is 11.0.